The van der Waals surface area contributed by atoms with E-state index in [-0.39, 0.29) is 27.3 Å². The van der Waals surface area contributed by atoms with E-state index < -0.39 is 0 Å². The molecule has 0 radical (unpaired) electrons. The van der Waals surface area contributed by atoms with Gasteiger partial charge in [0, 0.05) is 11.6 Å². The van der Waals surface area contributed by atoms with E-state index in [4.69, 9.17) is 37.1 Å². The highest BCUT2D eigenvalue weighted by Crippen LogP contribution is 2.34. The van der Waals surface area contributed by atoms with Crippen molar-refractivity contribution < 1.29 is 18.7 Å². The Morgan fingerprint density at radius 1 is 1.11 bits per heavy atom. The summed E-state index contributed by atoms with van der Waals surface area (Å²) in [7, 11) is 2.96. The van der Waals surface area contributed by atoms with Crippen LogP contribution in [0.5, 0.6) is 11.5 Å². The van der Waals surface area contributed by atoms with Crippen LogP contribution in [0.4, 0.5) is 0 Å². The van der Waals surface area contributed by atoms with Crippen molar-refractivity contribution >= 4 is 29.0 Å². The Kier molecular flexibility index (Phi) is 4.02. The zero-order chi connectivity index (χ0) is 14.0. The maximum atomic E-state index is 12.2. The van der Waals surface area contributed by atoms with Crippen molar-refractivity contribution in [3.63, 3.8) is 0 Å². The number of methoxy groups -OCH3 is 2. The summed E-state index contributed by atoms with van der Waals surface area (Å²) in [6.07, 6.45) is 0. The van der Waals surface area contributed by atoms with Gasteiger partial charge in [0.1, 0.15) is 0 Å². The van der Waals surface area contributed by atoms with Gasteiger partial charge in [-0.2, -0.15) is 0 Å². The number of hydrogen-bond acceptors (Lipinski definition) is 4. The third-order valence-electron chi connectivity index (χ3n) is 2.51. The summed E-state index contributed by atoms with van der Waals surface area (Å²) < 4.78 is 15.3. The van der Waals surface area contributed by atoms with E-state index >= 15 is 0 Å². The number of benzene rings is 1. The Morgan fingerprint density at radius 3 is 2.26 bits per heavy atom. The first kappa shape index (κ1) is 13.8. The topological polar surface area (TPSA) is 48.7 Å². The Bertz CT molecular complexity index is 619. The lowest BCUT2D eigenvalue weighted by Gasteiger charge is -2.10. The Balaban J connectivity index is 2.47. The SMILES string of the molecule is COc1cc(Cl)c(C(=O)c2ccc(Cl)o2)cc1OC. The van der Waals surface area contributed by atoms with Gasteiger partial charge >= 0.3 is 0 Å². The lowest BCUT2D eigenvalue weighted by atomic mass is 10.1. The lowest BCUT2D eigenvalue weighted by molar-refractivity contribution is 0.101. The van der Waals surface area contributed by atoms with E-state index in [1.807, 2.05) is 0 Å². The second-order valence-electron chi connectivity index (χ2n) is 3.62. The number of hydrogen-bond donors (Lipinski definition) is 0. The molecule has 0 amide bonds. The van der Waals surface area contributed by atoms with E-state index in [1.54, 1.807) is 0 Å². The highest BCUT2D eigenvalue weighted by atomic mass is 35.5. The number of ether oxygens (including phenoxy) is 2. The van der Waals surface area contributed by atoms with Gasteiger partial charge in [-0.25, -0.2) is 0 Å². The van der Waals surface area contributed by atoms with Gasteiger partial charge in [0.2, 0.25) is 5.78 Å². The van der Waals surface area contributed by atoms with Crippen LogP contribution in [0.25, 0.3) is 0 Å². The minimum Gasteiger partial charge on any atom is -0.493 e. The van der Waals surface area contributed by atoms with Gasteiger partial charge in [0.25, 0.3) is 0 Å². The zero-order valence-electron chi connectivity index (χ0n) is 10.2. The molecule has 0 bridgehead atoms. The fraction of sp³-hybridized carbons (Fsp3) is 0.154. The third-order valence-corrected chi connectivity index (χ3v) is 3.03. The lowest BCUT2D eigenvalue weighted by Crippen LogP contribution is -2.02. The van der Waals surface area contributed by atoms with Gasteiger partial charge in [-0.05, 0) is 29.8 Å². The Labute approximate surface area is 119 Å². The molecule has 1 heterocycles. The number of carbonyl (C=O) groups excluding carboxylic acids is 1. The van der Waals surface area contributed by atoms with E-state index in [9.17, 15) is 4.79 Å². The maximum absolute atomic E-state index is 12.2. The zero-order valence-corrected chi connectivity index (χ0v) is 11.7. The summed E-state index contributed by atoms with van der Waals surface area (Å²) >= 11 is 11.7. The van der Waals surface area contributed by atoms with Crippen molar-refractivity contribution in [2.75, 3.05) is 14.2 Å². The summed E-state index contributed by atoms with van der Waals surface area (Å²) in [5.41, 5.74) is 0.255. The number of rotatable bonds is 4. The van der Waals surface area contributed by atoms with Crippen molar-refractivity contribution in [3.05, 3.63) is 45.8 Å². The quantitative estimate of drug-likeness (QED) is 0.805. The van der Waals surface area contributed by atoms with E-state index in [2.05, 4.69) is 0 Å². The molecule has 2 aromatic rings. The fourth-order valence-electron chi connectivity index (χ4n) is 1.60. The Hall–Kier alpha value is -1.65. The number of halogens is 2. The molecule has 0 N–H and O–H groups in total. The first-order valence-corrected chi connectivity index (χ1v) is 6.04. The van der Waals surface area contributed by atoms with Gasteiger partial charge < -0.3 is 13.9 Å². The predicted molar refractivity (Wildman–Crippen MR) is 71.7 cm³/mol. The van der Waals surface area contributed by atoms with Crippen LogP contribution in [-0.2, 0) is 0 Å². The molecule has 0 spiro atoms. The van der Waals surface area contributed by atoms with Crippen molar-refractivity contribution in [1.82, 2.24) is 0 Å². The highest BCUT2D eigenvalue weighted by Gasteiger charge is 2.19. The molecule has 2 rings (SSSR count). The molecular formula is C13H10Cl2O4. The van der Waals surface area contributed by atoms with Gasteiger partial charge in [-0.15, -0.1) is 0 Å². The maximum Gasteiger partial charge on any atom is 0.229 e. The summed E-state index contributed by atoms with van der Waals surface area (Å²) in [5.74, 6) is 0.589. The fourth-order valence-corrected chi connectivity index (χ4v) is 1.98. The minimum atomic E-state index is -0.377. The molecule has 0 unspecified atom stereocenters. The summed E-state index contributed by atoms with van der Waals surface area (Å²) in [5, 5.41) is 0.384. The van der Waals surface area contributed by atoms with Crippen LogP contribution in [0.1, 0.15) is 16.1 Å². The van der Waals surface area contributed by atoms with Crippen LogP contribution in [0, 0.1) is 0 Å². The third kappa shape index (κ3) is 2.69. The molecule has 0 saturated heterocycles. The second-order valence-corrected chi connectivity index (χ2v) is 4.40. The minimum absolute atomic E-state index is 0.110. The standard InChI is InChI=1S/C13H10Cl2O4/c1-17-10-5-7(8(14)6-11(10)18-2)13(16)9-3-4-12(15)19-9/h3-6H,1-2H3. The number of ketones is 1. The normalized spacial score (nSPS) is 10.3. The summed E-state index contributed by atoms with van der Waals surface area (Å²) in [4.78, 5) is 12.2. The van der Waals surface area contributed by atoms with E-state index in [0.717, 1.165) is 0 Å². The van der Waals surface area contributed by atoms with Crippen molar-refractivity contribution in [2.45, 2.75) is 0 Å². The molecule has 0 aliphatic carbocycles. The molecule has 0 fully saturated rings. The smallest absolute Gasteiger partial charge is 0.229 e. The van der Waals surface area contributed by atoms with Gasteiger partial charge in [0.15, 0.2) is 22.5 Å². The average Bonchev–Trinajstić information content (AvgIpc) is 2.84. The van der Waals surface area contributed by atoms with Crippen LogP contribution in [-0.4, -0.2) is 20.0 Å². The van der Waals surface area contributed by atoms with Crippen LogP contribution < -0.4 is 9.47 Å². The highest BCUT2D eigenvalue weighted by molar-refractivity contribution is 6.35. The Morgan fingerprint density at radius 2 is 1.74 bits per heavy atom. The summed E-state index contributed by atoms with van der Waals surface area (Å²) in [6.45, 7) is 0. The van der Waals surface area contributed by atoms with Gasteiger partial charge in [-0.3, -0.25) is 4.79 Å². The largest absolute Gasteiger partial charge is 0.493 e. The van der Waals surface area contributed by atoms with Crippen LogP contribution in [0.3, 0.4) is 0 Å². The van der Waals surface area contributed by atoms with Crippen LogP contribution in [0.15, 0.2) is 28.7 Å². The first-order valence-electron chi connectivity index (χ1n) is 5.28. The molecule has 0 aliphatic heterocycles. The van der Waals surface area contributed by atoms with Crippen molar-refractivity contribution in [1.29, 1.82) is 0 Å². The molecule has 4 nitrogen and oxygen atoms in total. The summed E-state index contributed by atoms with van der Waals surface area (Å²) in [6, 6.07) is 5.99. The molecule has 1 aromatic heterocycles. The molecular weight excluding hydrogens is 291 g/mol. The number of furan rings is 1. The van der Waals surface area contributed by atoms with Crippen LogP contribution in [0.2, 0.25) is 10.2 Å². The van der Waals surface area contributed by atoms with E-state index in [1.165, 1.54) is 38.5 Å². The molecule has 19 heavy (non-hydrogen) atoms. The molecule has 100 valence electrons. The predicted octanol–water partition coefficient (Wildman–Crippen LogP) is 3.83. The molecule has 0 saturated carbocycles. The molecule has 1 aromatic carbocycles. The average molecular weight is 301 g/mol. The van der Waals surface area contributed by atoms with E-state index in [0.29, 0.717) is 11.5 Å². The van der Waals surface area contributed by atoms with Gasteiger partial charge in [0.05, 0.1) is 19.2 Å². The van der Waals surface area contributed by atoms with Crippen molar-refractivity contribution in [2.24, 2.45) is 0 Å². The number of carbonyl (C=O) groups is 1. The van der Waals surface area contributed by atoms with Gasteiger partial charge in [-0.1, -0.05) is 11.6 Å². The monoisotopic (exact) mass is 300 g/mol. The molecule has 0 atom stereocenters. The van der Waals surface area contributed by atoms with Crippen LogP contribution >= 0.6 is 23.2 Å². The molecule has 0 aliphatic rings. The first-order chi connectivity index (χ1) is 9.06. The second kappa shape index (κ2) is 5.55. The van der Waals surface area contributed by atoms with Crippen molar-refractivity contribution in [3.8, 4) is 11.5 Å². The molecule has 6 heteroatoms.